The van der Waals surface area contributed by atoms with Gasteiger partial charge in [-0.1, -0.05) is 35.9 Å². The zero-order valence-corrected chi connectivity index (χ0v) is 15.0. The minimum atomic E-state index is -1.22. The molecule has 0 saturated heterocycles. The third kappa shape index (κ3) is 3.77. The van der Waals surface area contributed by atoms with Crippen molar-refractivity contribution in [3.8, 4) is 0 Å². The fraction of sp³-hybridized carbons (Fsp3) is 0.263. The third-order valence-electron chi connectivity index (χ3n) is 3.98. The van der Waals surface area contributed by atoms with Gasteiger partial charge in [-0.2, -0.15) is 0 Å². The van der Waals surface area contributed by atoms with Gasteiger partial charge in [0.05, 0.1) is 0 Å². The molecule has 4 nitrogen and oxygen atoms in total. The SMILES string of the molecule is Cc1ccc(NC(=O)C(C)(C)C(=O)N(C)c2ccccc2)cc1Cl. The van der Waals surface area contributed by atoms with Crippen molar-refractivity contribution in [2.75, 3.05) is 17.3 Å². The van der Waals surface area contributed by atoms with Crippen molar-refractivity contribution < 1.29 is 9.59 Å². The van der Waals surface area contributed by atoms with E-state index in [1.807, 2.05) is 43.3 Å². The van der Waals surface area contributed by atoms with Gasteiger partial charge in [0.25, 0.3) is 0 Å². The summed E-state index contributed by atoms with van der Waals surface area (Å²) in [6, 6.07) is 14.5. The van der Waals surface area contributed by atoms with Crippen molar-refractivity contribution in [3.05, 3.63) is 59.1 Å². The van der Waals surface area contributed by atoms with Crippen LogP contribution in [0.15, 0.2) is 48.5 Å². The average Bonchev–Trinajstić information content (AvgIpc) is 2.57. The summed E-state index contributed by atoms with van der Waals surface area (Å²) >= 11 is 6.08. The summed E-state index contributed by atoms with van der Waals surface area (Å²) in [6.07, 6.45) is 0. The molecule has 0 aliphatic rings. The van der Waals surface area contributed by atoms with Gasteiger partial charge < -0.3 is 10.2 Å². The van der Waals surface area contributed by atoms with Crippen LogP contribution in [0.4, 0.5) is 11.4 Å². The Morgan fingerprint density at radius 3 is 2.29 bits per heavy atom. The highest BCUT2D eigenvalue weighted by atomic mass is 35.5. The van der Waals surface area contributed by atoms with Crippen LogP contribution in [0.2, 0.25) is 5.02 Å². The number of aryl methyl sites for hydroxylation is 1. The number of hydrogen-bond acceptors (Lipinski definition) is 2. The predicted octanol–water partition coefficient (Wildman–Crippen LogP) is 4.28. The van der Waals surface area contributed by atoms with Crippen LogP contribution < -0.4 is 10.2 Å². The molecular weight excluding hydrogens is 324 g/mol. The minimum Gasteiger partial charge on any atom is -0.325 e. The third-order valence-corrected chi connectivity index (χ3v) is 4.39. The normalized spacial score (nSPS) is 11.0. The van der Waals surface area contributed by atoms with E-state index in [1.165, 1.54) is 4.90 Å². The van der Waals surface area contributed by atoms with Crippen LogP contribution in [-0.4, -0.2) is 18.9 Å². The highest BCUT2D eigenvalue weighted by Gasteiger charge is 2.38. The molecule has 2 amide bonds. The molecule has 0 aliphatic heterocycles. The molecule has 1 N–H and O–H groups in total. The quantitative estimate of drug-likeness (QED) is 0.842. The topological polar surface area (TPSA) is 49.4 Å². The molecule has 0 spiro atoms. The van der Waals surface area contributed by atoms with Gasteiger partial charge in [-0.05, 0) is 50.6 Å². The van der Waals surface area contributed by atoms with E-state index in [-0.39, 0.29) is 11.8 Å². The van der Waals surface area contributed by atoms with Crippen molar-refractivity contribution >= 4 is 34.8 Å². The van der Waals surface area contributed by atoms with Gasteiger partial charge >= 0.3 is 0 Å². The van der Waals surface area contributed by atoms with Gasteiger partial charge in [0.2, 0.25) is 11.8 Å². The van der Waals surface area contributed by atoms with Crippen LogP contribution >= 0.6 is 11.6 Å². The number of nitrogens with zero attached hydrogens (tertiary/aromatic N) is 1. The molecule has 0 aromatic heterocycles. The summed E-state index contributed by atoms with van der Waals surface area (Å²) in [6.45, 7) is 5.11. The second kappa shape index (κ2) is 7.05. The van der Waals surface area contributed by atoms with E-state index in [4.69, 9.17) is 11.6 Å². The van der Waals surface area contributed by atoms with E-state index in [0.29, 0.717) is 10.7 Å². The Kier molecular flexibility index (Phi) is 5.30. The molecule has 2 aromatic rings. The first-order valence-electron chi connectivity index (χ1n) is 7.64. The molecule has 0 heterocycles. The Bertz CT molecular complexity index is 757. The lowest BCUT2D eigenvalue weighted by molar-refractivity contribution is -0.136. The Labute approximate surface area is 147 Å². The summed E-state index contributed by atoms with van der Waals surface area (Å²) < 4.78 is 0. The average molecular weight is 345 g/mol. The maximum atomic E-state index is 12.8. The number of amides is 2. The molecule has 2 aromatic carbocycles. The van der Waals surface area contributed by atoms with Crippen molar-refractivity contribution in [1.82, 2.24) is 0 Å². The van der Waals surface area contributed by atoms with Crippen LogP contribution in [0.5, 0.6) is 0 Å². The van der Waals surface area contributed by atoms with Gasteiger partial charge in [-0.15, -0.1) is 0 Å². The molecule has 5 heteroatoms. The van der Waals surface area contributed by atoms with E-state index < -0.39 is 5.41 Å². The van der Waals surface area contributed by atoms with E-state index in [2.05, 4.69) is 5.32 Å². The first-order valence-corrected chi connectivity index (χ1v) is 8.02. The lowest BCUT2D eigenvalue weighted by Crippen LogP contribution is -2.46. The molecule has 0 aliphatic carbocycles. The molecular formula is C19H21ClN2O2. The standard InChI is InChI=1S/C19H21ClN2O2/c1-13-10-11-14(12-16(13)20)21-17(23)19(2,3)18(24)22(4)15-8-6-5-7-9-15/h5-12H,1-4H3,(H,21,23). The molecule has 0 fully saturated rings. The Morgan fingerprint density at radius 1 is 1.08 bits per heavy atom. The predicted molar refractivity (Wildman–Crippen MR) is 98.5 cm³/mol. The van der Waals surface area contributed by atoms with Gasteiger partial charge in [-0.25, -0.2) is 0 Å². The lowest BCUT2D eigenvalue weighted by atomic mass is 9.90. The van der Waals surface area contributed by atoms with E-state index >= 15 is 0 Å². The van der Waals surface area contributed by atoms with E-state index in [9.17, 15) is 9.59 Å². The van der Waals surface area contributed by atoms with Crippen LogP contribution in [0.3, 0.4) is 0 Å². The number of halogens is 1. The Morgan fingerprint density at radius 2 is 1.71 bits per heavy atom. The van der Waals surface area contributed by atoms with Gasteiger partial charge in [0.1, 0.15) is 5.41 Å². The number of anilines is 2. The number of hydrogen-bond donors (Lipinski definition) is 1. The van der Waals surface area contributed by atoms with Gasteiger partial charge in [0, 0.05) is 23.4 Å². The zero-order chi connectivity index (χ0) is 17.9. The lowest BCUT2D eigenvalue weighted by Gasteiger charge is -2.28. The Hall–Kier alpha value is -2.33. The highest BCUT2D eigenvalue weighted by Crippen LogP contribution is 2.26. The number of carbonyl (C=O) groups is 2. The number of carbonyl (C=O) groups excluding carboxylic acids is 2. The number of nitrogens with one attached hydrogen (secondary N) is 1. The fourth-order valence-electron chi connectivity index (χ4n) is 2.24. The second-order valence-corrected chi connectivity index (χ2v) is 6.65. The summed E-state index contributed by atoms with van der Waals surface area (Å²) in [5.74, 6) is -0.667. The molecule has 126 valence electrons. The zero-order valence-electron chi connectivity index (χ0n) is 14.3. The number of rotatable bonds is 4. The smallest absolute Gasteiger partial charge is 0.241 e. The monoisotopic (exact) mass is 344 g/mol. The van der Waals surface area contributed by atoms with Crippen molar-refractivity contribution in [1.29, 1.82) is 0 Å². The van der Waals surface area contributed by atoms with Crippen molar-refractivity contribution in [3.63, 3.8) is 0 Å². The van der Waals surface area contributed by atoms with Crippen LogP contribution in [0.25, 0.3) is 0 Å². The molecule has 2 rings (SSSR count). The summed E-state index contributed by atoms with van der Waals surface area (Å²) in [7, 11) is 1.66. The molecule has 0 unspecified atom stereocenters. The maximum absolute atomic E-state index is 12.8. The first-order chi connectivity index (χ1) is 11.2. The van der Waals surface area contributed by atoms with Crippen molar-refractivity contribution in [2.45, 2.75) is 20.8 Å². The number of benzene rings is 2. The van der Waals surface area contributed by atoms with E-state index in [1.54, 1.807) is 33.0 Å². The minimum absolute atomic E-state index is 0.288. The first kappa shape index (κ1) is 18.0. The van der Waals surface area contributed by atoms with Crippen LogP contribution in [-0.2, 0) is 9.59 Å². The molecule has 24 heavy (non-hydrogen) atoms. The highest BCUT2D eigenvalue weighted by molar-refractivity contribution is 6.31. The summed E-state index contributed by atoms with van der Waals surface area (Å²) in [5, 5.41) is 3.33. The van der Waals surface area contributed by atoms with Gasteiger partial charge in [0.15, 0.2) is 0 Å². The maximum Gasteiger partial charge on any atom is 0.241 e. The summed E-state index contributed by atoms with van der Waals surface area (Å²) in [4.78, 5) is 26.9. The molecule has 0 saturated carbocycles. The van der Waals surface area contributed by atoms with Gasteiger partial charge in [-0.3, -0.25) is 9.59 Å². The molecule has 0 atom stereocenters. The molecule has 0 bridgehead atoms. The van der Waals surface area contributed by atoms with Crippen LogP contribution in [0, 0.1) is 12.3 Å². The van der Waals surface area contributed by atoms with E-state index in [0.717, 1.165) is 11.3 Å². The summed E-state index contributed by atoms with van der Waals surface area (Å²) in [5.41, 5.74) is 1.01. The largest absolute Gasteiger partial charge is 0.325 e. The molecule has 0 radical (unpaired) electrons. The Balaban J connectivity index is 2.17. The fourth-order valence-corrected chi connectivity index (χ4v) is 2.42. The van der Waals surface area contributed by atoms with Crippen LogP contribution in [0.1, 0.15) is 19.4 Å². The number of para-hydroxylation sites is 1. The van der Waals surface area contributed by atoms with Crippen molar-refractivity contribution in [2.24, 2.45) is 5.41 Å². The second-order valence-electron chi connectivity index (χ2n) is 6.24.